The zero-order valence-electron chi connectivity index (χ0n) is 10.7. The van der Waals surface area contributed by atoms with Gasteiger partial charge in [-0.3, -0.25) is 0 Å². The highest BCUT2D eigenvalue weighted by Crippen LogP contribution is 2.20. The molecule has 0 spiro atoms. The highest BCUT2D eigenvalue weighted by atomic mass is 16.6. The number of rotatable bonds is 5. The van der Waals surface area contributed by atoms with Crippen LogP contribution in [0.15, 0.2) is 0 Å². The van der Waals surface area contributed by atoms with Gasteiger partial charge in [-0.2, -0.15) is 0 Å². The van der Waals surface area contributed by atoms with Crippen LogP contribution >= 0.6 is 0 Å². The first-order valence-corrected chi connectivity index (χ1v) is 6.73. The smallest absolute Gasteiger partial charge is 0.410 e. The predicted octanol–water partition coefficient (Wildman–Crippen LogP) is 3.58. The Labute approximate surface area is 99.1 Å². The number of amides is 1. The molecule has 1 rings (SSSR count). The maximum Gasteiger partial charge on any atom is 0.410 e. The van der Waals surface area contributed by atoms with Gasteiger partial charge >= 0.3 is 6.09 Å². The summed E-state index contributed by atoms with van der Waals surface area (Å²) in [5, 5.41) is 0. The highest BCUT2D eigenvalue weighted by Gasteiger charge is 2.26. The summed E-state index contributed by atoms with van der Waals surface area (Å²) in [5.41, 5.74) is 0. The fourth-order valence-corrected chi connectivity index (χ4v) is 2.26. The SMILES string of the molecule is CCCCCOC(=O)N1CCCC[C@@H]1CC. The molecule has 1 aliphatic heterocycles. The van der Waals surface area contributed by atoms with E-state index < -0.39 is 0 Å². The minimum Gasteiger partial charge on any atom is -0.449 e. The molecule has 0 aromatic rings. The second kappa shape index (κ2) is 7.53. The number of likely N-dealkylation sites (tertiary alicyclic amines) is 1. The van der Waals surface area contributed by atoms with Crippen molar-refractivity contribution in [3.8, 4) is 0 Å². The molecule has 0 aromatic carbocycles. The zero-order chi connectivity index (χ0) is 11.8. The number of unbranched alkanes of at least 4 members (excludes halogenated alkanes) is 2. The van der Waals surface area contributed by atoms with Crippen LogP contribution < -0.4 is 0 Å². The van der Waals surface area contributed by atoms with Crippen molar-refractivity contribution in [3.63, 3.8) is 0 Å². The first kappa shape index (κ1) is 13.3. The van der Waals surface area contributed by atoms with Crippen molar-refractivity contribution in [1.29, 1.82) is 0 Å². The fourth-order valence-electron chi connectivity index (χ4n) is 2.26. The summed E-state index contributed by atoms with van der Waals surface area (Å²) in [5.74, 6) is 0. The molecule has 0 N–H and O–H groups in total. The molecule has 0 bridgehead atoms. The van der Waals surface area contributed by atoms with Gasteiger partial charge in [-0.05, 0) is 32.1 Å². The minimum absolute atomic E-state index is 0.0948. The van der Waals surface area contributed by atoms with Crippen molar-refractivity contribution >= 4 is 6.09 Å². The van der Waals surface area contributed by atoms with E-state index in [9.17, 15) is 4.79 Å². The molecule has 1 atom stereocenters. The van der Waals surface area contributed by atoms with Crippen LogP contribution in [0.2, 0.25) is 0 Å². The van der Waals surface area contributed by atoms with E-state index in [1.807, 2.05) is 4.90 Å². The number of ether oxygens (including phenoxy) is 1. The third-order valence-corrected chi connectivity index (χ3v) is 3.31. The Morgan fingerprint density at radius 2 is 2.12 bits per heavy atom. The molecule has 0 aliphatic carbocycles. The molecular formula is C13H25NO2. The lowest BCUT2D eigenvalue weighted by molar-refractivity contribution is 0.0710. The molecule has 0 aromatic heterocycles. The normalized spacial score (nSPS) is 20.9. The Morgan fingerprint density at radius 3 is 2.81 bits per heavy atom. The van der Waals surface area contributed by atoms with Crippen LogP contribution in [0.25, 0.3) is 0 Å². The molecule has 1 heterocycles. The summed E-state index contributed by atoms with van der Waals surface area (Å²) in [6.45, 7) is 5.76. The van der Waals surface area contributed by atoms with Crippen molar-refractivity contribution in [3.05, 3.63) is 0 Å². The van der Waals surface area contributed by atoms with Gasteiger partial charge in [0.25, 0.3) is 0 Å². The van der Waals surface area contributed by atoms with Crippen LogP contribution in [-0.4, -0.2) is 30.2 Å². The second-order valence-electron chi connectivity index (χ2n) is 4.57. The number of hydrogen-bond donors (Lipinski definition) is 0. The molecule has 1 aliphatic rings. The molecule has 3 nitrogen and oxygen atoms in total. The monoisotopic (exact) mass is 227 g/mol. The van der Waals surface area contributed by atoms with E-state index in [0.29, 0.717) is 12.6 Å². The Kier molecular flexibility index (Phi) is 6.27. The van der Waals surface area contributed by atoms with Gasteiger partial charge in [-0.25, -0.2) is 4.79 Å². The predicted molar refractivity (Wildman–Crippen MR) is 65.5 cm³/mol. The number of nitrogens with zero attached hydrogens (tertiary/aromatic N) is 1. The van der Waals surface area contributed by atoms with Crippen LogP contribution in [0.5, 0.6) is 0 Å². The van der Waals surface area contributed by atoms with Gasteiger partial charge in [-0.1, -0.05) is 26.7 Å². The average Bonchev–Trinajstić information content (AvgIpc) is 2.34. The van der Waals surface area contributed by atoms with E-state index in [1.165, 1.54) is 12.8 Å². The van der Waals surface area contributed by atoms with Crippen molar-refractivity contribution in [1.82, 2.24) is 4.90 Å². The first-order valence-electron chi connectivity index (χ1n) is 6.73. The largest absolute Gasteiger partial charge is 0.449 e. The van der Waals surface area contributed by atoms with Crippen LogP contribution in [0, 0.1) is 0 Å². The van der Waals surface area contributed by atoms with Gasteiger partial charge in [0.1, 0.15) is 0 Å². The molecule has 0 saturated carbocycles. The molecule has 1 saturated heterocycles. The van der Waals surface area contributed by atoms with E-state index in [2.05, 4.69) is 13.8 Å². The Bertz CT molecular complexity index is 206. The highest BCUT2D eigenvalue weighted by molar-refractivity contribution is 5.68. The molecule has 94 valence electrons. The van der Waals surface area contributed by atoms with Gasteiger partial charge in [-0.15, -0.1) is 0 Å². The van der Waals surface area contributed by atoms with E-state index in [4.69, 9.17) is 4.74 Å². The van der Waals surface area contributed by atoms with E-state index in [0.717, 1.165) is 38.6 Å². The fraction of sp³-hybridized carbons (Fsp3) is 0.923. The van der Waals surface area contributed by atoms with Crippen molar-refractivity contribution in [2.75, 3.05) is 13.2 Å². The van der Waals surface area contributed by atoms with Crippen molar-refractivity contribution < 1.29 is 9.53 Å². The average molecular weight is 227 g/mol. The van der Waals surface area contributed by atoms with Crippen LogP contribution in [0.4, 0.5) is 4.79 Å². The number of carbonyl (C=O) groups excluding carboxylic acids is 1. The van der Waals surface area contributed by atoms with Crippen molar-refractivity contribution in [2.45, 2.75) is 64.8 Å². The van der Waals surface area contributed by atoms with Gasteiger partial charge in [0.2, 0.25) is 0 Å². The topological polar surface area (TPSA) is 29.5 Å². The lowest BCUT2D eigenvalue weighted by Gasteiger charge is -2.34. The zero-order valence-corrected chi connectivity index (χ0v) is 10.7. The molecule has 0 radical (unpaired) electrons. The van der Waals surface area contributed by atoms with Crippen LogP contribution in [0.1, 0.15) is 58.8 Å². The molecule has 16 heavy (non-hydrogen) atoms. The summed E-state index contributed by atoms with van der Waals surface area (Å²) in [4.78, 5) is 13.8. The van der Waals surface area contributed by atoms with Gasteiger partial charge in [0.05, 0.1) is 6.61 Å². The van der Waals surface area contributed by atoms with Gasteiger partial charge in [0.15, 0.2) is 0 Å². The maximum atomic E-state index is 11.8. The summed E-state index contributed by atoms with van der Waals surface area (Å²) in [6.07, 6.45) is 7.77. The minimum atomic E-state index is -0.0948. The summed E-state index contributed by atoms with van der Waals surface area (Å²) in [6, 6.07) is 0.410. The van der Waals surface area contributed by atoms with Crippen LogP contribution in [-0.2, 0) is 4.74 Å². The third-order valence-electron chi connectivity index (χ3n) is 3.31. The molecular weight excluding hydrogens is 202 g/mol. The summed E-state index contributed by atoms with van der Waals surface area (Å²) in [7, 11) is 0. The Morgan fingerprint density at radius 1 is 1.31 bits per heavy atom. The van der Waals surface area contributed by atoms with Crippen LogP contribution in [0.3, 0.4) is 0 Å². The van der Waals surface area contributed by atoms with E-state index in [-0.39, 0.29) is 6.09 Å². The molecule has 3 heteroatoms. The third kappa shape index (κ3) is 4.03. The molecule has 1 fully saturated rings. The number of piperidine rings is 1. The van der Waals surface area contributed by atoms with Gasteiger partial charge < -0.3 is 9.64 Å². The Balaban J connectivity index is 2.27. The lowest BCUT2D eigenvalue weighted by atomic mass is 10.0. The number of carbonyl (C=O) groups is 1. The molecule has 1 amide bonds. The first-order chi connectivity index (χ1) is 7.79. The lowest BCUT2D eigenvalue weighted by Crippen LogP contribution is -2.43. The number of hydrogen-bond acceptors (Lipinski definition) is 2. The summed E-state index contributed by atoms with van der Waals surface area (Å²) >= 11 is 0. The standard InChI is InChI=1S/C13H25NO2/c1-3-5-8-11-16-13(15)14-10-7-6-9-12(14)4-2/h12H,3-11H2,1-2H3/t12-/m0/s1. The quantitative estimate of drug-likeness (QED) is 0.672. The van der Waals surface area contributed by atoms with Crippen molar-refractivity contribution in [2.24, 2.45) is 0 Å². The second-order valence-corrected chi connectivity index (χ2v) is 4.57. The molecule has 0 unspecified atom stereocenters. The Hall–Kier alpha value is -0.730. The maximum absolute atomic E-state index is 11.8. The summed E-state index contributed by atoms with van der Waals surface area (Å²) < 4.78 is 5.30. The van der Waals surface area contributed by atoms with Gasteiger partial charge in [0, 0.05) is 12.6 Å². The van der Waals surface area contributed by atoms with E-state index >= 15 is 0 Å². The van der Waals surface area contributed by atoms with E-state index in [1.54, 1.807) is 0 Å².